The Morgan fingerprint density at radius 1 is 1.30 bits per heavy atom. The van der Waals surface area contributed by atoms with Crippen molar-refractivity contribution in [2.45, 2.75) is 19.3 Å². The van der Waals surface area contributed by atoms with Gasteiger partial charge in [0.15, 0.2) is 0 Å². The van der Waals surface area contributed by atoms with Crippen molar-refractivity contribution in [1.29, 1.82) is 0 Å². The van der Waals surface area contributed by atoms with Gasteiger partial charge in [0.25, 0.3) is 0 Å². The van der Waals surface area contributed by atoms with Gasteiger partial charge in [-0.25, -0.2) is 14.1 Å². The van der Waals surface area contributed by atoms with Crippen LogP contribution < -0.4 is 5.32 Å². The summed E-state index contributed by atoms with van der Waals surface area (Å²) in [5.74, 6) is -0.467. The van der Waals surface area contributed by atoms with E-state index in [1.165, 1.54) is 23.5 Å². The summed E-state index contributed by atoms with van der Waals surface area (Å²) >= 11 is 1.44. The fourth-order valence-electron chi connectivity index (χ4n) is 2.04. The molecule has 2 heterocycles. The lowest BCUT2D eigenvalue weighted by molar-refractivity contribution is -0.120. The van der Waals surface area contributed by atoms with Crippen LogP contribution in [0.1, 0.15) is 18.9 Å². The van der Waals surface area contributed by atoms with Crippen LogP contribution in [0.5, 0.6) is 0 Å². The van der Waals surface area contributed by atoms with Crippen LogP contribution in [0, 0.1) is 5.82 Å². The number of aromatic nitrogens is 3. The van der Waals surface area contributed by atoms with Gasteiger partial charge in [-0.15, -0.1) is 11.3 Å². The quantitative estimate of drug-likeness (QED) is 0.798. The molecule has 0 bridgehead atoms. The van der Waals surface area contributed by atoms with E-state index < -0.39 is 5.41 Å². The van der Waals surface area contributed by atoms with Crippen LogP contribution in [0.4, 0.5) is 10.1 Å². The molecule has 0 aliphatic carbocycles. The summed E-state index contributed by atoms with van der Waals surface area (Å²) in [7, 11) is 0. The first kappa shape index (κ1) is 15.4. The zero-order valence-electron chi connectivity index (χ0n) is 12.7. The van der Waals surface area contributed by atoms with E-state index in [0.717, 1.165) is 5.01 Å². The van der Waals surface area contributed by atoms with Crippen molar-refractivity contribution in [2.75, 3.05) is 5.32 Å². The molecule has 0 saturated carbocycles. The van der Waals surface area contributed by atoms with Gasteiger partial charge >= 0.3 is 0 Å². The van der Waals surface area contributed by atoms with Gasteiger partial charge < -0.3 is 5.32 Å². The third-order valence-corrected chi connectivity index (χ3v) is 4.56. The van der Waals surface area contributed by atoms with Crippen molar-refractivity contribution in [1.82, 2.24) is 14.8 Å². The first-order valence-electron chi connectivity index (χ1n) is 6.99. The molecule has 3 rings (SSSR count). The molecule has 0 atom stereocenters. The first-order chi connectivity index (χ1) is 11.0. The van der Waals surface area contributed by atoms with Gasteiger partial charge in [-0.05, 0) is 38.1 Å². The average molecular weight is 330 g/mol. The highest BCUT2D eigenvalue weighted by molar-refractivity contribution is 7.09. The number of carbonyl (C=O) groups is 1. The highest BCUT2D eigenvalue weighted by atomic mass is 32.1. The van der Waals surface area contributed by atoms with E-state index in [4.69, 9.17) is 0 Å². The highest BCUT2D eigenvalue weighted by Crippen LogP contribution is 2.26. The van der Waals surface area contributed by atoms with E-state index in [2.05, 4.69) is 15.4 Å². The molecular formula is C16H15FN4OS. The lowest BCUT2D eigenvalue weighted by atomic mass is 9.93. The highest BCUT2D eigenvalue weighted by Gasteiger charge is 2.32. The molecule has 7 heteroatoms. The Labute approximate surface area is 136 Å². The van der Waals surface area contributed by atoms with E-state index in [1.807, 2.05) is 19.2 Å². The molecular weight excluding hydrogens is 315 g/mol. The minimum absolute atomic E-state index is 0.161. The molecule has 3 aromatic rings. The minimum Gasteiger partial charge on any atom is -0.323 e. The number of hydrogen-bond acceptors (Lipinski definition) is 4. The van der Waals surface area contributed by atoms with Gasteiger partial charge in [-0.1, -0.05) is 0 Å². The molecule has 1 amide bonds. The fraction of sp³-hybridized carbons (Fsp3) is 0.188. The molecule has 0 fully saturated rings. The predicted molar refractivity (Wildman–Crippen MR) is 87.3 cm³/mol. The Hall–Kier alpha value is -2.54. The van der Waals surface area contributed by atoms with E-state index in [1.54, 1.807) is 35.4 Å². The van der Waals surface area contributed by atoms with Gasteiger partial charge in [0.1, 0.15) is 10.8 Å². The van der Waals surface area contributed by atoms with E-state index >= 15 is 0 Å². The van der Waals surface area contributed by atoms with Crippen molar-refractivity contribution in [3.63, 3.8) is 0 Å². The van der Waals surface area contributed by atoms with E-state index in [9.17, 15) is 9.18 Å². The Kier molecular flexibility index (Phi) is 3.96. The van der Waals surface area contributed by atoms with Crippen LogP contribution in [0.3, 0.4) is 0 Å². The molecule has 0 saturated heterocycles. The number of amides is 1. The van der Waals surface area contributed by atoms with Crippen molar-refractivity contribution < 1.29 is 9.18 Å². The van der Waals surface area contributed by atoms with Gasteiger partial charge in [-0.2, -0.15) is 5.10 Å². The van der Waals surface area contributed by atoms with Crippen LogP contribution >= 0.6 is 11.3 Å². The second-order valence-corrected chi connectivity index (χ2v) is 6.46. The smallest absolute Gasteiger partial charge is 0.237 e. The number of thiazole rings is 1. The maximum atomic E-state index is 13.0. The predicted octanol–water partition coefficient (Wildman–Crippen LogP) is 3.38. The number of nitrogens with zero attached hydrogens (tertiary/aromatic N) is 3. The molecule has 1 aromatic carbocycles. The van der Waals surface area contributed by atoms with Crippen molar-refractivity contribution >= 4 is 22.9 Å². The Balaban J connectivity index is 1.76. The van der Waals surface area contributed by atoms with Crippen molar-refractivity contribution in [3.8, 4) is 5.69 Å². The lowest BCUT2D eigenvalue weighted by Gasteiger charge is -2.20. The summed E-state index contributed by atoms with van der Waals surface area (Å²) in [6.07, 6.45) is 4.92. The maximum absolute atomic E-state index is 13.0. The number of nitrogens with one attached hydrogen (secondary N) is 1. The topological polar surface area (TPSA) is 59.8 Å². The van der Waals surface area contributed by atoms with E-state index in [0.29, 0.717) is 11.4 Å². The summed E-state index contributed by atoms with van der Waals surface area (Å²) in [6.45, 7) is 3.65. The number of anilines is 1. The zero-order valence-corrected chi connectivity index (χ0v) is 13.5. The van der Waals surface area contributed by atoms with Crippen LogP contribution in [0.2, 0.25) is 0 Å². The van der Waals surface area contributed by atoms with Gasteiger partial charge in [0.05, 0.1) is 29.2 Å². The van der Waals surface area contributed by atoms with Crippen LogP contribution in [-0.4, -0.2) is 20.7 Å². The summed E-state index contributed by atoms with van der Waals surface area (Å²) < 4.78 is 14.5. The molecule has 0 radical (unpaired) electrons. The fourth-order valence-corrected chi connectivity index (χ4v) is 2.80. The maximum Gasteiger partial charge on any atom is 0.237 e. The van der Waals surface area contributed by atoms with E-state index in [-0.39, 0.29) is 11.7 Å². The summed E-state index contributed by atoms with van der Waals surface area (Å²) in [4.78, 5) is 16.7. The molecule has 0 aliphatic rings. The summed E-state index contributed by atoms with van der Waals surface area (Å²) in [5, 5.41) is 9.62. The Morgan fingerprint density at radius 2 is 2.04 bits per heavy atom. The number of halogens is 1. The largest absolute Gasteiger partial charge is 0.323 e. The Bertz CT molecular complexity index is 809. The van der Waals surface area contributed by atoms with Crippen molar-refractivity contribution in [3.05, 3.63) is 59.1 Å². The lowest BCUT2D eigenvalue weighted by Crippen LogP contribution is -2.34. The molecule has 0 spiro atoms. The molecule has 23 heavy (non-hydrogen) atoms. The second-order valence-electron chi connectivity index (χ2n) is 5.57. The summed E-state index contributed by atoms with van der Waals surface area (Å²) in [5.41, 5.74) is 0.557. The molecule has 0 unspecified atom stereocenters. The summed E-state index contributed by atoms with van der Waals surface area (Å²) in [6, 6.07) is 5.96. The first-order valence-corrected chi connectivity index (χ1v) is 7.87. The number of carbonyl (C=O) groups excluding carboxylic acids is 1. The van der Waals surface area contributed by atoms with Crippen LogP contribution in [0.15, 0.2) is 48.2 Å². The van der Waals surface area contributed by atoms with Crippen LogP contribution in [0.25, 0.3) is 5.69 Å². The minimum atomic E-state index is -0.730. The van der Waals surface area contributed by atoms with Crippen LogP contribution in [-0.2, 0) is 10.2 Å². The second kappa shape index (κ2) is 5.92. The van der Waals surface area contributed by atoms with Gasteiger partial charge in [-0.3, -0.25) is 4.79 Å². The number of hydrogen-bond donors (Lipinski definition) is 1. The Morgan fingerprint density at radius 3 is 2.70 bits per heavy atom. The SMILES string of the molecule is CC(C)(C(=O)Nc1cnn(-c2ccc(F)cc2)c1)c1nccs1. The molecule has 0 aliphatic heterocycles. The average Bonchev–Trinajstić information content (AvgIpc) is 3.19. The third-order valence-electron chi connectivity index (χ3n) is 3.47. The molecule has 5 nitrogen and oxygen atoms in total. The van der Waals surface area contributed by atoms with Gasteiger partial charge in [0.2, 0.25) is 5.91 Å². The monoisotopic (exact) mass is 330 g/mol. The number of rotatable bonds is 4. The van der Waals surface area contributed by atoms with Gasteiger partial charge in [0, 0.05) is 11.6 Å². The number of benzene rings is 1. The zero-order chi connectivity index (χ0) is 16.4. The third kappa shape index (κ3) is 3.14. The normalized spacial score (nSPS) is 11.4. The molecule has 2 aromatic heterocycles. The molecule has 1 N–H and O–H groups in total. The molecule has 118 valence electrons. The van der Waals surface area contributed by atoms with Crippen molar-refractivity contribution in [2.24, 2.45) is 0 Å². The standard InChI is InChI=1S/C16H15FN4OS/c1-16(2,15-18-7-8-23-15)14(22)20-12-9-19-21(10-12)13-5-3-11(17)4-6-13/h3-10H,1-2H3,(H,20,22).